The predicted octanol–water partition coefficient (Wildman–Crippen LogP) is 2.58. The quantitative estimate of drug-likeness (QED) is 0.859. The average molecular weight is 390 g/mol. The van der Waals surface area contributed by atoms with Crippen LogP contribution in [0.2, 0.25) is 0 Å². The highest BCUT2D eigenvalue weighted by Crippen LogP contribution is 2.31. The summed E-state index contributed by atoms with van der Waals surface area (Å²) in [5, 5.41) is 3.31. The van der Waals surface area contributed by atoms with Crippen molar-refractivity contribution >= 4 is 36.4 Å². The third-order valence-electron chi connectivity index (χ3n) is 4.96. The molecule has 0 bridgehead atoms. The van der Waals surface area contributed by atoms with E-state index in [1.165, 1.54) is 0 Å². The number of rotatable bonds is 4. The van der Waals surface area contributed by atoms with Gasteiger partial charge >= 0.3 is 0 Å². The van der Waals surface area contributed by atoms with Gasteiger partial charge in [-0.25, -0.2) is 0 Å². The first-order chi connectivity index (χ1) is 11.1. The third-order valence-corrected chi connectivity index (χ3v) is 4.96. The molecule has 5 nitrogen and oxygen atoms in total. The zero-order chi connectivity index (χ0) is 16.3. The van der Waals surface area contributed by atoms with Crippen molar-refractivity contribution in [3.8, 4) is 5.75 Å². The standard InChI is InChI=1S/C18H27N3O2.2ClH/c1-3-23-16-7-5-4-6-15(16)20-10-12-21(13-11-20)17(22)18(2)8-9-19-14-18;;/h4-7,19H,3,8-14H2,1-2H3;2*1H. The molecule has 1 N–H and O–H groups in total. The maximum atomic E-state index is 12.8. The number of para-hydroxylation sites is 2. The van der Waals surface area contributed by atoms with Crippen LogP contribution in [-0.4, -0.2) is 56.7 Å². The summed E-state index contributed by atoms with van der Waals surface area (Å²) in [6, 6.07) is 8.16. The lowest BCUT2D eigenvalue weighted by Gasteiger charge is -2.39. The van der Waals surface area contributed by atoms with Crippen molar-refractivity contribution in [2.75, 3.05) is 50.8 Å². The molecule has 2 heterocycles. The molecule has 2 saturated heterocycles. The van der Waals surface area contributed by atoms with Crippen LogP contribution >= 0.6 is 24.8 Å². The number of nitrogens with one attached hydrogen (secondary N) is 1. The topological polar surface area (TPSA) is 44.8 Å². The molecule has 2 fully saturated rings. The first kappa shape index (κ1) is 21.9. The second-order valence-electron chi connectivity index (χ2n) is 6.67. The Morgan fingerprint density at radius 3 is 2.48 bits per heavy atom. The third kappa shape index (κ3) is 4.72. The lowest BCUT2D eigenvalue weighted by atomic mass is 9.88. The molecule has 1 amide bonds. The largest absolute Gasteiger partial charge is 0.492 e. The highest BCUT2D eigenvalue weighted by molar-refractivity contribution is 5.85. The predicted molar refractivity (Wildman–Crippen MR) is 106 cm³/mol. The number of benzene rings is 1. The molecule has 1 atom stereocenters. The molecule has 0 aromatic heterocycles. The number of anilines is 1. The lowest BCUT2D eigenvalue weighted by Crippen LogP contribution is -2.53. The van der Waals surface area contributed by atoms with Gasteiger partial charge in [0.1, 0.15) is 5.75 Å². The van der Waals surface area contributed by atoms with Gasteiger partial charge in [0.15, 0.2) is 0 Å². The van der Waals surface area contributed by atoms with Gasteiger partial charge in [-0.1, -0.05) is 12.1 Å². The van der Waals surface area contributed by atoms with Crippen LogP contribution in [0.1, 0.15) is 20.3 Å². The van der Waals surface area contributed by atoms with Gasteiger partial charge in [-0.15, -0.1) is 24.8 Å². The highest BCUT2D eigenvalue weighted by Gasteiger charge is 2.40. The molecule has 25 heavy (non-hydrogen) atoms. The number of piperazine rings is 1. The lowest BCUT2D eigenvalue weighted by molar-refractivity contribution is -0.140. The van der Waals surface area contributed by atoms with Crippen molar-refractivity contribution in [2.24, 2.45) is 5.41 Å². The highest BCUT2D eigenvalue weighted by atomic mass is 35.5. The summed E-state index contributed by atoms with van der Waals surface area (Å²) >= 11 is 0. The summed E-state index contributed by atoms with van der Waals surface area (Å²) in [5.41, 5.74) is 0.918. The van der Waals surface area contributed by atoms with Gasteiger partial charge in [-0.3, -0.25) is 4.79 Å². The molecular weight excluding hydrogens is 361 g/mol. The number of nitrogens with zero attached hydrogens (tertiary/aromatic N) is 2. The van der Waals surface area contributed by atoms with Crippen molar-refractivity contribution in [3.63, 3.8) is 0 Å². The summed E-state index contributed by atoms with van der Waals surface area (Å²) in [6.07, 6.45) is 0.944. The van der Waals surface area contributed by atoms with Gasteiger partial charge in [0, 0.05) is 32.7 Å². The zero-order valence-electron chi connectivity index (χ0n) is 15.0. The van der Waals surface area contributed by atoms with E-state index in [0.717, 1.165) is 57.1 Å². The normalized spacial score (nSPS) is 22.8. The van der Waals surface area contributed by atoms with E-state index in [-0.39, 0.29) is 30.2 Å². The molecule has 0 spiro atoms. The average Bonchev–Trinajstić information content (AvgIpc) is 3.03. The Kier molecular flexibility index (Phi) is 8.32. The Morgan fingerprint density at radius 1 is 1.20 bits per heavy atom. The number of hydrogen-bond acceptors (Lipinski definition) is 4. The molecule has 142 valence electrons. The number of carbonyl (C=O) groups excluding carboxylic acids is 1. The minimum Gasteiger partial charge on any atom is -0.492 e. The number of halogens is 2. The number of amides is 1. The summed E-state index contributed by atoms with van der Waals surface area (Å²) in [5.74, 6) is 1.24. The van der Waals surface area contributed by atoms with Crippen LogP contribution in [0.15, 0.2) is 24.3 Å². The molecule has 0 aliphatic carbocycles. The van der Waals surface area contributed by atoms with Crippen LogP contribution in [0, 0.1) is 5.41 Å². The van der Waals surface area contributed by atoms with E-state index < -0.39 is 0 Å². The summed E-state index contributed by atoms with van der Waals surface area (Å²) in [6.45, 7) is 9.81. The van der Waals surface area contributed by atoms with Crippen molar-refractivity contribution in [1.29, 1.82) is 0 Å². The van der Waals surface area contributed by atoms with Gasteiger partial charge in [-0.2, -0.15) is 0 Å². The second kappa shape index (κ2) is 9.51. The van der Waals surface area contributed by atoms with Gasteiger partial charge < -0.3 is 19.9 Å². The fourth-order valence-corrected chi connectivity index (χ4v) is 3.53. The van der Waals surface area contributed by atoms with Crippen LogP contribution in [0.25, 0.3) is 0 Å². The maximum absolute atomic E-state index is 12.8. The number of carbonyl (C=O) groups is 1. The molecule has 2 aliphatic rings. The van der Waals surface area contributed by atoms with Gasteiger partial charge in [0.05, 0.1) is 17.7 Å². The Labute approximate surface area is 162 Å². The zero-order valence-corrected chi connectivity index (χ0v) is 16.6. The Hall–Kier alpha value is -1.17. The molecular formula is C18H29Cl2N3O2. The van der Waals surface area contributed by atoms with E-state index in [4.69, 9.17) is 4.74 Å². The Bertz CT molecular complexity index is 557. The van der Waals surface area contributed by atoms with Crippen LogP contribution in [0.5, 0.6) is 5.75 Å². The molecule has 1 aromatic rings. The molecule has 0 radical (unpaired) electrons. The Morgan fingerprint density at radius 2 is 1.88 bits per heavy atom. The second-order valence-corrected chi connectivity index (χ2v) is 6.67. The van der Waals surface area contributed by atoms with Gasteiger partial charge in [0.2, 0.25) is 5.91 Å². The van der Waals surface area contributed by atoms with Crippen molar-refractivity contribution in [2.45, 2.75) is 20.3 Å². The van der Waals surface area contributed by atoms with Crippen LogP contribution < -0.4 is 15.0 Å². The maximum Gasteiger partial charge on any atom is 0.229 e. The van der Waals surface area contributed by atoms with E-state index >= 15 is 0 Å². The fraction of sp³-hybridized carbons (Fsp3) is 0.611. The van der Waals surface area contributed by atoms with E-state index in [1.54, 1.807) is 0 Å². The van der Waals surface area contributed by atoms with E-state index in [2.05, 4.69) is 23.2 Å². The fourth-order valence-electron chi connectivity index (χ4n) is 3.53. The minimum atomic E-state index is -0.217. The molecule has 1 unspecified atom stereocenters. The summed E-state index contributed by atoms with van der Waals surface area (Å²) < 4.78 is 5.73. The molecule has 1 aromatic carbocycles. The Balaban J connectivity index is 0.00000156. The first-order valence-electron chi connectivity index (χ1n) is 8.61. The van der Waals surface area contributed by atoms with Gasteiger partial charge in [0.25, 0.3) is 0 Å². The van der Waals surface area contributed by atoms with Crippen LogP contribution in [0.4, 0.5) is 5.69 Å². The monoisotopic (exact) mass is 389 g/mol. The molecule has 0 saturated carbocycles. The van der Waals surface area contributed by atoms with Crippen LogP contribution in [-0.2, 0) is 4.79 Å². The minimum absolute atomic E-state index is 0. The number of hydrogen-bond donors (Lipinski definition) is 1. The van der Waals surface area contributed by atoms with Crippen molar-refractivity contribution in [3.05, 3.63) is 24.3 Å². The van der Waals surface area contributed by atoms with Crippen LogP contribution in [0.3, 0.4) is 0 Å². The number of ether oxygens (including phenoxy) is 1. The molecule has 3 rings (SSSR count). The summed E-state index contributed by atoms with van der Waals surface area (Å²) in [7, 11) is 0. The van der Waals surface area contributed by atoms with E-state index in [1.807, 2.05) is 30.0 Å². The van der Waals surface area contributed by atoms with Crippen molar-refractivity contribution in [1.82, 2.24) is 10.2 Å². The van der Waals surface area contributed by atoms with Crippen molar-refractivity contribution < 1.29 is 9.53 Å². The molecule has 2 aliphatic heterocycles. The van der Waals surface area contributed by atoms with E-state index in [9.17, 15) is 4.79 Å². The SMILES string of the molecule is CCOc1ccccc1N1CCN(C(=O)C2(C)CCNC2)CC1.Cl.Cl. The first-order valence-corrected chi connectivity index (χ1v) is 8.61. The summed E-state index contributed by atoms with van der Waals surface area (Å²) in [4.78, 5) is 17.1. The van der Waals surface area contributed by atoms with E-state index in [0.29, 0.717) is 12.5 Å². The molecule has 7 heteroatoms. The smallest absolute Gasteiger partial charge is 0.229 e. The van der Waals surface area contributed by atoms with Gasteiger partial charge in [-0.05, 0) is 38.9 Å².